The number of amides is 3. The molecule has 4 aromatic rings. The second kappa shape index (κ2) is 9.04. The molecule has 1 atom stereocenters. The lowest BCUT2D eigenvalue weighted by Gasteiger charge is -2.13. The third-order valence-electron chi connectivity index (χ3n) is 5.60. The molecule has 1 unspecified atom stereocenters. The van der Waals surface area contributed by atoms with Crippen molar-refractivity contribution in [2.75, 3.05) is 0 Å². The first-order valence-corrected chi connectivity index (χ1v) is 10.7. The lowest BCUT2D eigenvalue weighted by atomic mass is 10.1. The molecule has 2 heterocycles. The van der Waals surface area contributed by atoms with E-state index in [1.807, 2.05) is 73.1 Å². The quantitative estimate of drug-likeness (QED) is 0.415. The summed E-state index contributed by atoms with van der Waals surface area (Å²) in [5, 5.41) is 2.73. The summed E-state index contributed by atoms with van der Waals surface area (Å²) in [6.07, 6.45) is 1.67. The number of hydrazine groups is 1. The number of para-hydroxylation sites is 3. The fourth-order valence-corrected chi connectivity index (χ4v) is 3.85. The molecule has 166 valence electrons. The number of carbonyl (C=O) groups excluding carboxylic acids is 2. The molecule has 1 aliphatic heterocycles. The maximum Gasteiger partial charge on any atom is 0.333 e. The summed E-state index contributed by atoms with van der Waals surface area (Å²) in [6, 6.07) is 23.0. The van der Waals surface area contributed by atoms with Gasteiger partial charge in [-0.15, -0.1) is 0 Å². The number of benzene rings is 3. The number of rotatable bonds is 5. The van der Waals surface area contributed by atoms with Crippen molar-refractivity contribution in [3.63, 3.8) is 0 Å². The molecule has 0 saturated heterocycles. The smallest absolute Gasteiger partial charge is 0.333 e. The zero-order valence-electron chi connectivity index (χ0n) is 17.8. The van der Waals surface area contributed by atoms with Gasteiger partial charge < -0.3 is 14.6 Å². The molecule has 0 spiro atoms. The van der Waals surface area contributed by atoms with Gasteiger partial charge in [-0.1, -0.05) is 54.6 Å². The zero-order valence-corrected chi connectivity index (χ0v) is 17.8. The van der Waals surface area contributed by atoms with Crippen LogP contribution in [0.25, 0.3) is 11.0 Å². The largest absolute Gasteiger partial charge is 0.480 e. The van der Waals surface area contributed by atoms with Crippen LogP contribution in [0.3, 0.4) is 0 Å². The minimum Gasteiger partial charge on any atom is -0.480 e. The number of aromatic nitrogens is 2. The van der Waals surface area contributed by atoms with Gasteiger partial charge in [0, 0.05) is 19.5 Å². The van der Waals surface area contributed by atoms with Crippen LogP contribution < -0.4 is 20.9 Å². The molecule has 8 heteroatoms. The van der Waals surface area contributed by atoms with Crippen LogP contribution in [-0.4, -0.2) is 27.6 Å². The molecule has 0 fully saturated rings. The summed E-state index contributed by atoms with van der Waals surface area (Å²) < 4.78 is 7.72. The van der Waals surface area contributed by atoms with Crippen molar-refractivity contribution in [3.05, 3.63) is 95.8 Å². The van der Waals surface area contributed by atoms with Crippen molar-refractivity contribution in [1.29, 1.82) is 0 Å². The van der Waals surface area contributed by atoms with E-state index in [-0.39, 0.29) is 0 Å². The lowest BCUT2D eigenvalue weighted by Crippen LogP contribution is -2.50. The number of hydrogen-bond donors (Lipinski definition) is 3. The van der Waals surface area contributed by atoms with Gasteiger partial charge >= 0.3 is 6.03 Å². The Hall–Kier alpha value is -4.33. The third kappa shape index (κ3) is 4.64. The van der Waals surface area contributed by atoms with Crippen LogP contribution in [0.15, 0.2) is 79.1 Å². The van der Waals surface area contributed by atoms with E-state index < -0.39 is 18.0 Å². The Labute approximate surface area is 190 Å². The van der Waals surface area contributed by atoms with E-state index in [9.17, 15) is 9.59 Å². The van der Waals surface area contributed by atoms with Gasteiger partial charge in [0.05, 0.1) is 17.4 Å². The number of imidazole rings is 1. The van der Waals surface area contributed by atoms with Gasteiger partial charge in [0.2, 0.25) is 0 Å². The first kappa shape index (κ1) is 20.6. The predicted molar refractivity (Wildman–Crippen MR) is 123 cm³/mol. The Morgan fingerprint density at radius 3 is 2.55 bits per heavy atom. The molecule has 1 aromatic heterocycles. The predicted octanol–water partition coefficient (Wildman–Crippen LogP) is 2.92. The standard InChI is InChI=1S/C25H23N5O3/c31-24(23-13-19-5-1-4-8-22(19)33-23)28-29-25(32)26-14-17-9-11-18(12-10-17)15-30-16-27-20-6-2-3-7-21(20)30/h1-12,16,23H,13-15H2,(H,28,31)(H2,26,29,32). The van der Waals surface area contributed by atoms with Gasteiger partial charge in [-0.25, -0.2) is 15.2 Å². The molecule has 8 nitrogen and oxygen atoms in total. The number of fused-ring (bicyclic) bond motifs is 2. The van der Waals surface area contributed by atoms with Crippen LogP contribution >= 0.6 is 0 Å². The van der Waals surface area contributed by atoms with Gasteiger partial charge in [-0.3, -0.25) is 10.2 Å². The summed E-state index contributed by atoms with van der Waals surface area (Å²) in [7, 11) is 0. The van der Waals surface area contributed by atoms with Gasteiger partial charge in [0.15, 0.2) is 6.10 Å². The lowest BCUT2D eigenvalue weighted by molar-refractivity contribution is -0.127. The Morgan fingerprint density at radius 1 is 0.939 bits per heavy atom. The molecular formula is C25H23N5O3. The van der Waals surface area contributed by atoms with Crippen molar-refractivity contribution in [3.8, 4) is 5.75 Å². The van der Waals surface area contributed by atoms with Crippen LogP contribution in [0.5, 0.6) is 5.75 Å². The first-order valence-electron chi connectivity index (χ1n) is 10.7. The summed E-state index contributed by atoms with van der Waals surface area (Å²) in [5.74, 6) is 0.310. The average molecular weight is 441 g/mol. The highest BCUT2D eigenvalue weighted by atomic mass is 16.5. The van der Waals surface area contributed by atoms with Gasteiger partial charge in [0.1, 0.15) is 5.75 Å². The monoisotopic (exact) mass is 441 g/mol. The Balaban J connectivity index is 1.08. The molecule has 33 heavy (non-hydrogen) atoms. The number of hydrogen-bond acceptors (Lipinski definition) is 4. The highest BCUT2D eigenvalue weighted by Crippen LogP contribution is 2.28. The fourth-order valence-electron chi connectivity index (χ4n) is 3.85. The topological polar surface area (TPSA) is 97.3 Å². The van der Waals surface area contributed by atoms with Crippen LogP contribution in [0.4, 0.5) is 4.79 Å². The fraction of sp³-hybridized carbons (Fsp3) is 0.160. The Morgan fingerprint density at radius 2 is 1.70 bits per heavy atom. The second-order valence-corrected chi connectivity index (χ2v) is 7.89. The molecule has 0 bridgehead atoms. The average Bonchev–Trinajstić information content (AvgIpc) is 3.47. The van der Waals surface area contributed by atoms with Crippen molar-refractivity contribution >= 4 is 23.0 Å². The molecule has 3 N–H and O–H groups in total. The van der Waals surface area contributed by atoms with Crippen molar-refractivity contribution in [1.82, 2.24) is 25.7 Å². The van der Waals surface area contributed by atoms with E-state index >= 15 is 0 Å². The van der Waals surface area contributed by atoms with E-state index in [0.29, 0.717) is 25.3 Å². The van der Waals surface area contributed by atoms with Crippen molar-refractivity contribution in [2.45, 2.75) is 25.6 Å². The van der Waals surface area contributed by atoms with E-state index in [4.69, 9.17) is 4.74 Å². The minimum absolute atomic E-state index is 0.335. The molecule has 0 saturated carbocycles. The van der Waals surface area contributed by atoms with Gasteiger partial charge in [-0.05, 0) is 34.9 Å². The molecule has 0 aliphatic carbocycles. The maximum absolute atomic E-state index is 12.3. The number of carbonyl (C=O) groups is 2. The molecular weight excluding hydrogens is 418 g/mol. The number of nitrogens with zero attached hydrogens (tertiary/aromatic N) is 2. The number of nitrogens with one attached hydrogen (secondary N) is 3. The molecule has 1 aliphatic rings. The first-order chi connectivity index (χ1) is 16.2. The highest BCUT2D eigenvalue weighted by Gasteiger charge is 2.28. The van der Waals surface area contributed by atoms with Crippen LogP contribution in [0, 0.1) is 0 Å². The van der Waals surface area contributed by atoms with Crippen molar-refractivity contribution in [2.24, 2.45) is 0 Å². The molecule has 3 aromatic carbocycles. The van der Waals surface area contributed by atoms with Crippen molar-refractivity contribution < 1.29 is 14.3 Å². The SMILES string of the molecule is O=C(NCc1ccc(Cn2cnc3ccccc32)cc1)NNC(=O)C1Cc2ccccc2O1. The zero-order chi connectivity index (χ0) is 22.6. The van der Waals surface area contributed by atoms with Crippen LogP contribution in [-0.2, 0) is 24.3 Å². The number of ether oxygens (including phenoxy) is 1. The van der Waals surface area contributed by atoms with Gasteiger partial charge in [0.25, 0.3) is 5.91 Å². The molecule has 5 rings (SSSR count). The van der Waals surface area contributed by atoms with Crippen LogP contribution in [0.2, 0.25) is 0 Å². The van der Waals surface area contributed by atoms with E-state index in [1.165, 1.54) is 0 Å². The maximum atomic E-state index is 12.3. The molecule has 3 amide bonds. The summed E-state index contributed by atoms with van der Waals surface area (Å²) >= 11 is 0. The van der Waals surface area contributed by atoms with E-state index in [1.54, 1.807) is 0 Å². The van der Waals surface area contributed by atoms with Crippen LogP contribution in [0.1, 0.15) is 16.7 Å². The Bertz CT molecular complexity index is 1270. The van der Waals surface area contributed by atoms with Gasteiger partial charge in [-0.2, -0.15) is 0 Å². The normalized spacial score (nSPS) is 14.4. The summed E-state index contributed by atoms with van der Waals surface area (Å²) in [5.41, 5.74) is 9.91. The summed E-state index contributed by atoms with van der Waals surface area (Å²) in [4.78, 5) is 28.7. The highest BCUT2D eigenvalue weighted by molar-refractivity contribution is 5.85. The van der Waals surface area contributed by atoms with E-state index in [0.717, 1.165) is 27.7 Å². The summed E-state index contributed by atoms with van der Waals surface area (Å²) in [6.45, 7) is 1.05. The number of urea groups is 1. The Kier molecular flexibility index (Phi) is 5.63. The third-order valence-corrected chi connectivity index (χ3v) is 5.60. The minimum atomic E-state index is -0.650. The second-order valence-electron chi connectivity index (χ2n) is 7.89. The van der Waals surface area contributed by atoms with E-state index in [2.05, 4.69) is 31.8 Å². The molecule has 0 radical (unpaired) electrons.